The van der Waals surface area contributed by atoms with Crippen molar-refractivity contribution in [3.63, 3.8) is 0 Å². The Kier molecular flexibility index (Phi) is 8.18. The fourth-order valence-corrected chi connectivity index (χ4v) is 3.60. The molecule has 1 fully saturated rings. The van der Waals surface area contributed by atoms with E-state index >= 15 is 0 Å². The molecule has 24 heavy (non-hydrogen) atoms. The summed E-state index contributed by atoms with van der Waals surface area (Å²) in [4.78, 5) is 23.8. The number of hydrogen-bond acceptors (Lipinski definition) is 4. The third-order valence-electron chi connectivity index (χ3n) is 5.15. The molecule has 0 aromatic rings. The van der Waals surface area contributed by atoms with Crippen LogP contribution in [0.3, 0.4) is 0 Å². The van der Waals surface area contributed by atoms with E-state index in [9.17, 15) is 0 Å². The van der Waals surface area contributed by atoms with Crippen molar-refractivity contribution in [1.82, 2.24) is 0 Å². The van der Waals surface area contributed by atoms with Gasteiger partial charge in [0.25, 0.3) is 0 Å². The molecule has 0 heterocycles. The SMILES string of the molecule is CCCC(C)(C)OOC1(OOC(C)(C)CCC)C(C)CCCC1C. The van der Waals surface area contributed by atoms with E-state index in [4.69, 9.17) is 19.6 Å². The Labute approximate surface area is 149 Å². The van der Waals surface area contributed by atoms with Crippen LogP contribution >= 0.6 is 0 Å². The monoisotopic (exact) mass is 344 g/mol. The first kappa shape index (κ1) is 21.9. The molecular formula is C20H40O4. The summed E-state index contributed by atoms with van der Waals surface area (Å²) in [5.74, 6) is -0.402. The van der Waals surface area contributed by atoms with Crippen molar-refractivity contribution in [2.75, 3.05) is 0 Å². The molecule has 1 aliphatic carbocycles. The van der Waals surface area contributed by atoms with Crippen LogP contribution < -0.4 is 0 Å². The summed E-state index contributed by atoms with van der Waals surface area (Å²) in [6.45, 7) is 16.9. The van der Waals surface area contributed by atoms with Gasteiger partial charge < -0.3 is 0 Å². The van der Waals surface area contributed by atoms with Crippen molar-refractivity contribution in [3.8, 4) is 0 Å². The Morgan fingerprint density at radius 1 is 0.792 bits per heavy atom. The predicted molar refractivity (Wildman–Crippen MR) is 97.2 cm³/mol. The zero-order valence-corrected chi connectivity index (χ0v) is 17.2. The summed E-state index contributed by atoms with van der Waals surface area (Å²) < 4.78 is 0. The van der Waals surface area contributed by atoms with Gasteiger partial charge in [0.15, 0.2) is 0 Å². The topological polar surface area (TPSA) is 36.9 Å². The van der Waals surface area contributed by atoms with Crippen molar-refractivity contribution in [2.24, 2.45) is 11.8 Å². The fraction of sp³-hybridized carbons (Fsp3) is 1.00. The molecule has 0 aromatic heterocycles. The molecule has 0 radical (unpaired) electrons. The summed E-state index contributed by atoms with van der Waals surface area (Å²) in [5.41, 5.74) is -0.665. The first-order chi connectivity index (χ1) is 11.1. The molecule has 0 N–H and O–H groups in total. The van der Waals surface area contributed by atoms with Crippen molar-refractivity contribution in [2.45, 2.75) is 117 Å². The molecule has 1 aliphatic rings. The summed E-state index contributed by atoms with van der Waals surface area (Å²) in [6.07, 6.45) is 7.28. The maximum absolute atomic E-state index is 6.04. The Bertz CT molecular complexity index is 331. The zero-order chi connectivity index (χ0) is 18.4. The van der Waals surface area contributed by atoms with Crippen molar-refractivity contribution < 1.29 is 19.6 Å². The molecule has 2 atom stereocenters. The van der Waals surface area contributed by atoms with Crippen LogP contribution in [0.1, 0.15) is 100 Å². The van der Waals surface area contributed by atoms with Crippen molar-refractivity contribution >= 4 is 0 Å². The maximum Gasteiger partial charge on any atom is 0.238 e. The molecule has 1 rings (SSSR count). The van der Waals surface area contributed by atoms with E-state index in [2.05, 4.69) is 55.4 Å². The highest BCUT2D eigenvalue weighted by Crippen LogP contribution is 2.44. The van der Waals surface area contributed by atoms with Crippen molar-refractivity contribution in [1.29, 1.82) is 0 Å². The van der Waals surface area contributed by atoms with Gasteiger partial charge >= 0.3 is 0 Å². The van der Waals surface area contributed by atoms with Crippen LogP contribution in [0.4, 0.5) is 0 Å². The Balaban J connectivity index is 2.87. The Morgan fingerprint density at radius 3 is 1.50 bits per heavy atom. The molecule has 0 amide bonds. The van der Waals surface area contributed by atoms with Gasteiger partial charge in [-0.3, -0.25) is 0 Å². The van der Waals surface area contributed by atoms with Crippen molar-refractivity contribution in [3.05, 3.63) is 0 Å². The first-order valence-corrected chi connectivity index (χ1v) is 9.82. The lowest BCUT2D eigenvalue weighted by atomic mass is 9.77. The van der Waals surface area contributed by atoms with Gasteiger partial charge in [-0.2, -0.15) is 9.78 Å². The van der Waals surface area contributed by atoms with Crippen LogP contribution in [0.15, 0.2) is 0 Å². The molecule has 0 saturated heterocycles. The summed E-state index contributed by atoms with van der Waals surface area (Å²) in [6, 6.07) is 0. The van der Waals surface area contributed by atoms with Gasteiger partial charge in [-0.25, -0.2) is 9.78 Å². The lowest BCUT2D eigenvalue weighted by molar-refractivity contribution is -0.566. The second kappa shape index (κ2) is 8.98. The summed E-state index contributed by atoms with van der Waals surface area (Å²) >= 11 is 0. The van der Waals surface area contributed by atoms with Crippen LogP contribution in [0, 0.1) is 11.8 Å². The van der Waals surface area contributed by atoms with Crippen LogP contribution in [0.2, 0.25) is 0 Å². The van der Waals surface area contributed by atoms with E-state index in [1.807, 2.05) is 0 Å². The second-order valence-electron chi connectivity index (χ2n) is 8.81. The van der Waals surface area contributed by atoms with Crippen LogP contribution in [-0.2, 0) is 19.6 Å². The van der Waals surface area contributed by atoms with E-state index in [0.717, 1.165) is 38.5 Å². The van der Waals surface area contributed by atoms with Gasteiger partial charge in [0.1, 0.15) is 0 Å². The standard InChI is InChI=1S/C20H40O4/c1-9-14-18(5,6)21-23-20(16(3)12-11-13-17(20)4)24-22-19(7,8)15-10-2/h16-17H,9-15H2,1-8H3. The summed E-state index contributed by atoms with van der Waals surface area (Å²) in [7, 11) is 0. The lowest BCUT2D eigenvalue weighted by Crippen LogP contribution is -2.53. The molecule has 4 nitrogen and oxygen atoms in total. The van der Waals surface area contributed by atoms with Crippen LogP contribution in [0.25, 0.3) is 0 Å². The predicted octanol–water partition coefficient (Wildman–Crippen LogP) is 6.19. The maximum atomic E-state index is 6.04. The van der Waals surface area contributed by atoms with Crippen LogP contribution in [0.5, 0.6) is 0 Å². The molecular weight excluding hydrogens is 304 g/mol. The van der Waals surface area contributed by atoms with Gasteiger partial charge in [-0.1, -0.05) is 47.0 Å². The Morgan fingerprint density at radius 2 is 1.17 bits per heavy atom. The molecule has 1 saturated carbocycles. The molecule has 0 spiro atoms. The van der Waals surface area contributed by atoms with Gasteiger partial charge in [0.05, 0.1) is 11.2 Å². The first-order valence-electron chi connectivity index (χ1n) is 9.82. The van der Waals surface area contributed by atoms with Gasteiger partial charge in [-0.05, 0) is 53.4 Å². The third-order valence-corrected chi connectivity index (χ3v) is 5.15. The minimum atomic E-state index is -0.839. The van der Waals surface area contributed by atoms with Gasteiger partial charge in [0, 0.05) is 11.8 Å². The molecule has 4 heteroatoms. The van der Waals surface area contributed by atoms with E-state index < -0.39 is 5.79 Å². The highest BCUT2D eigenvalue weighted by atomic mass is 17.3. The normalized spacial score (nSPS) is 25.0. The third kappa shape index (κ3) is 5.98. The average Bonchev–Trinajstić information content (AvgIpc) is 2.46. The smallest absolute Gasteiger partial charge is 0.228 e. The molecule has 144 valence electrons. The highest BCUT2D eigenvalue weighted by molar-refractivity contribution is 4.86. The molecule has 0 aromatic carbocycles. The molecule has 0 aliphatic heterocycles. The van der Waals surface area contributed by atoms with Gasteiger partial charge in [-0.15, -0.1) is 0 Å². The molecule has 2 unspecified atom stereocenters. The minimum absolute atomic E-state index is 0.219. The second-order valence-corrected chi connectivity index (χ2v) is 8.81. The minimum Gasteiger partial charge on any atom is -0.228 e. The fourth-order valence-electron chi connectivity index (χ4n) is 3.60. The lowest BCUT2D eigenvalue weighted by Gasteiger charge is -2.46. The molecule has 0 bridgehead atoms. The zero-order valence-electron chi connectivity index (χ0n) is 17.2. The summed E-state index contributed by atoms with van der Waals surface area (Å²) in [5, 5.41) is 0. The highest BCUT2D eigenvalue weighted by Gasteiger charge is 2.50. The number of rotatable bonds is 10. The number of hydrogen-bond donors (Lipinski definition) is 0. The average molecular weight is 345 g/mol. The van der Waals surface area contributed by atoms with E-state index in [1.54, 1.807) is 0 Å². The van der Waals surface area contributed by atoms with E-state index in [-0.39, 0.29) is 23.0 Å². The quantitative estimate of drug-likeness (QED) is 0.269. The Hall–Kier alpha value is -0.160. The van der Waals surface area contributed by atoms with E-state index in [0.29, 0.717) is 0 Å². The largest absolute Gasteiger partial charge is 0.238 e. The van der Waals surface area contributed by atoms with Crippen LogP contribution in [-0.4, -0.2) is 17.0 Å². The van der Waals surface area contributed by atoms with E-state index in [1.165, 1.54) is 6.42 Å². The van der Waals surface area contributed by atoms with Gasteiger partial charge in [0.2, 0.25) is 5.79 Å².